The van der Waals surface area contributed by atoms with E-state index in [1.165, 1.54) is 12.8 Å². The molecule has 0 aliphatic heterocycles. The first-order valence-electron chi connectivity index (χ1n) is 6.28. The SMILES string of the molecule is CCCNC(CCOCCC1CC1)C(=O)O. The molecule has 94 valence electrons. The maximum absolute atomic E-state index is 10.9. The van der Waals surface area contributed by atoms with Gasteiger partial charge in [0.05, 0.1) is 0 Å². The van der Waals surface area contributed by atoms with Crippen molar-refractivity contribution in [3.05, 3.63) is 0 Å². The quantitative estimate of drug-likeness (QED) is 0.559. The zero-order chi connectivity index (χ0) is 11.8. The summed E-state index contributed by atoms with van der Waals surface area (Å²) in [7, 11) is 0. The fraction of sp³-hybridized carbons (Fsp3) is 0.917. The molecule has 2 N–H and O–H groups in total. The van der Waals surface area contributed by atoms with Crippen LogP contribution in [0.3, 0.4) is 0 Å². The van der Waals surface area contributed by atoms with Crippen LogP contribution < -0.4 is 5.32 Å². The van der Waals surface area contributed by atoms with E-state index in [2.05, 4.69) is 5.32 Å². The summed E-state index contributed by atoms with van der Waals surface area (Å²) in [5.41, 5.74) is 0. The molecule has 1 saturated carbocycles. The summed E-state index contributed by atoms with van der Waals surface area (Å²) in [6, 6.07) is -0.458. The minimum absolute atomic E-state index is 0.458. The number of aliphatic carboxylic acids is 1. The molecule has 1 atom stereocenters. The lowest BCUT2D eigenvalue weighted by atomic mass is 10.2. The first-order valence-corrected chi connectivity index (χ1v) is 6.28. The number of hydrogen-bond donors (Lipinski definition) is 2. The van der Waals surface area contributed by atoms with E-state index >= 15 is 0 Å². The van der Waals surface area contributed by atoms with Crippen LogP contribution in [0, 0.1) is 5.92 Å². The number of ether oxygens (including phenoxy) is 1. The molecule has 16 heavy (non-hydrogen) atoms. The summed E-state index contributed by atoms with van der Waals surface area (Å²) >= 11 is 0. The van der Waals surface area contributed by atoms with E-state index in [1.807, 2.05) is 6.92 Å². The molecule has 0 aromatic carbocycles. The maximum atomic E-state index is 10.9. The molecule has 0 aromatic heterocycles. The third-order valence-electron chi connectivity index (χ3n) is 2.86. The molecule has 0 amide bonds. The number of rotatable bonds is 10. The Bertz CT molecular complexity index is 204. The number of nitrogens with one attached hydrogen (secondary N) is 1. The third kappa shape index (κ3) is 6.08. The number of carboxylic acids is 1. The second-order valence-corrected chi connectivity index (χ2v) is 4.48. The van der Waals surface area contributed by atoms with Gasteiger partial charge in [0, 0.05) is 13.2 Å². The predicted octanol–water partition coefficient (Wildman–Crippen LogP) is 1.65. The van der Waals surface area contributed by atoms with E-state index in [-0.39, 0.29) is 0 Å². The molecule has 0 saturated heterocycles. The molecule has 1 aliphatic rings. The maximum Gasteiger partial charge on any atom is 0.320 e. The summed E-state index contributed by atoms with van der Waals surface area (Å²) in [6.45, 7) is 4.10. The summed E-state index contributed by atoms with van der Waals surface area (Å²) in [6.07, 6.45) is 5.34. The van der Waals surface area contributed by atoms with Gasteiger partial charge in [-0.1, -0.05) is 19.8 Å². The van der Waals surface area contributed by atoms with Gasteiger partial charge in [-0.3, -0.25) is 4.79 Å². The zero-order valence-electron chi connectivity index (χ0n) is 10.1. The molecule has 0 bridgehead atoms. The highest BCUT2D eigenvalue weighted by molar-refractivity contribution is 5.73. The minimum atomic E-state index is -0.778. The van der Waals surface area contributed by atoms with Gasteiger partial charge in [-0.25, -0.2) is 0 Å². The van der Waals surface area contributed by atoms with Crippen LogP contribution in [0.25, 0.3) is 0 Å². The lowest BCUT2D eigenvalue weighted by molar-refractivity contribution is -0.140. The first kappa shape index (κ1) is 13.5. The molecule has 0 heterocycles. The Hall–Kier alpha value is -0.610. The molecular weight excluding hydrogens is 206 g/mol. The number of carbonyl (C=O) groups is 1. The molecular formula is C12H23NO3. The second kappa shape index (κ2) is 7.63. The third-order valence-corrected chi connectivity index (χ3v) is 2.86. The molecule has 1 rings (SSSR count). The van der Waals surface area contributed by atoms with Crippen LogP contribution in [-0.4, -0.2) is 36.9 Å². The predicted molar refractivity (Wildman–Crippen MR) is 62.5 cm³/mol. The van der Waals surface area contributed by atoms with Crippen LogP contribution in [0.4, 0.5) is 0 Å². The second-order valence-electron chi connectivity index (χ2n) is 4.48. The van der Waals surface area contributed by atoms with Crippen molar-refractivity contribution >= 4 is 5.97 Å². The van der Waals surface area contributed by atoms with Crippen molar-refractivity contribution in [2.24, 2.45) is 5.92 Å². The largest absolute Gasteiger partial charge is 0.480 e. The Morgan fingerprint density at radius 3 is 2.81 bits per heavy atom. The molecule has 4 nitrogen and oxygen atoms in total. The van der Waals surface area contributed by atoms with E-state index in [9.17, 15) is 4.79 Å². The van der Waals surface area contributed by atoms with Crippen LogP contribution in [0.5, 0.6) is 0 Å². The number of hydrogen-bond acceptors (Lipinski definition) is 3. The summed E-state index contributed by atoms with van der Waals surface area (Å²) in [5, 5.41) is 11.9. The summed E-state index contributed by atoms with van der Waals surface area (Å²) in [4.78, 5) is 10.9. The zero-order valence-corrected chi connectivity index (χ0v) is 10.1. The van der Waals surface area contributed by atoms with Crippen molar-refractivity contribution in [3.8, 4) is 0 Å². The van der Waals surface area contributed by atoms with Gasteiger partial charge in [0.25, 0.3) is 0 Å². The van der Waals surface area contributed by atoms with E-state index < -0.39 is 12.0 Å². The van der Waals surface area contributed by atoms with Crippen molar-refractivity contribution in [1.82, 2.24) is 5.32 Å². The Balaban J connectivity index is 1.99. The molecule has 0 spiro atoms. The summed E-state index contributed by atoms with van der Waals surface area (Å²) < 4.78 is 5.44. The van der Waals surface area contributed by atoms with E-state index in [0.717, 1.165) is 31.9 Å². The lowest BCUT2D eigenvalue weighted by Gasteiger charge is -2.13. The van der Waals surface area contributed by atoms with Crippen molar-refractivity contribution in [3.63, 3.8) is 0 Å². The van der Waals surface area contributed by atoms with Crippen LogP contribution in [0.15, 0.2) is 0 Å². The van der Waals surface area contributed by atoms with Gasteiger partial charge >= 0.3 is 5.97 Å². The Morgan fingerprint density at radius 1 is 1.50 bits per heavy atom. The topological polar surface area (TPSA) is 58.6 Å². The highest BCUT2D eigenvalue weighted by Gasteiger charge is 2.20. The average Bonchev–Trinajstić information content (AvgIpc) is 3.05. The van der Waals surface area contributed by atoms with Gasteiger partial charge in [-0.2, -0.15) is 0 Å². The fourth-order valence-electron chi connectivity index (χ4n) is 1.59. The standard InChI is InChI=1S/C12H23NO3/c1-2-7-13-11(12(14)15)6-9-16-8-5-10-3-4-10/h10-11,13H,2-9H2,1H3,(H,14,15). The first-order chi connectivity index (χ1) is 7.74. The average molecular weight is 229 g/mol. The fourth-order valence-corrected chi connectivity index (χ4v) is 1.59. The number of carboxylic acid groups (broad SMARTS) is 1. The molecule has 4 heteroatoms. The Kier molecular flexibility index (Phi) is 6.42. The van der Waals surface area contributed by atoms with Gasteiger partial charge in [-0.15, -0.1) is 0 Å². The minimum Gasteiger partial charge on any atom is -0.480 e. The van der Waals surface area contributed by atoms with Gasteiger partial charge in [0.15, 0.2) is 0 Å². The van der Waals surface area contributed by atoms with Crippen molar-refractivity contribution in [2.75, 3.05) is 19.8 Å². The van der Waals surface area contributed by atoms with E-state index in [4.69, 9.17) is 9.84 Å². The smallest absolute Gasteiger partial charge is 0.320 e. The van der Waals surface area contributed by atoms with E-state index in [1.54, 1.807) is 0 Å². The van der Waals surface area contributed by atoms with Crippen LogP contribution in [-0.2, 0) is 9.53 Å². The Labute approximate surface area is 97.4 Å². The normalized spacial score (nSPS) is 17.3. The monoisotopic (exact) mass is 229 g/mol. The molecule has 0 aromatic rings. The van der Waals surface area contributed by atoms with E-state index in [0.29, 0.717) is 13.0 Å². The Morgan fingerprint density at radius 2 is 2.25 bits per heavy atom. The lowest BCUT2D eigenvalue weighted by Crippen LogP contribution is -2.38. The highest BCUT2D eigenvalue weighted by atomic mass is 16.5. The molecule has 1 unspecified atom stereocenters. The molecule has 0 radical (unpaired) electrons. The van der Waals surface area contributed by atoms with Crippen molar-refractivity contribution < 1.29 is 14.6 Å². The van der Waals surface area contributed by atoms with Crippen molar-refractivity contribution in [1.29, 1.82) is 0 Å². The van der Waals surface area contributed by atoms with Crippen LogP contribution >= 0.6 is 0 Å². The van der Waals surface area contributed by atoms with Crippen LogP contribution in [0.1, 0.15) is 39.0 Å². The molecule has 1 fully saturated rings. The summed E-state index contributed by atoms with van der Waals surface area (Å²) in [5.74, 6) is 0.104. The molecule has 1 aliphatic carbocycles. The van der Waals surface area contributed by atoms with Crippen LogP contribution in [0.2, 0.25) is 0 Å². The highest BCUT2D eigenvalue weighted by Crippen LogP contribution is 2.32. The van der Waals surface area contributed by atoms with Gasteiger partial charge in [-0.05, 0) is 31.7 Å². The van der Waals surface area contributed by atoms with Gasteiger partial charge in [0.2, 0.25) is 0 Å². The van der Waals surface area contributed by atoms with Gasteiger partial charge < -0.3 is 15.2 Å². The van der Waals surface area contributed by atoms with Gasteiger partial charge in [0.1, 0.15) is 6.04 Å². The van der Waals surface area contributed by atoms with Crippen molar-refractivity contribution in [2.45, 2.75) is 45.1 Å².